The summed E-state index contributed by atoms with van der Waals surface area (Å²) in [5.74, 6) is -0.186. The summed E-state index contributed by atoms with van der Waals surface area (Å²) in [7, 11) is -1.09. The van der Waals surface area contributed by atoms with E-state index in [9.17, 15) is 14.2 Å². The van der Waals surface area contributed by atoms with E-state index in [0.717, 1.165) is 0 Å². The molecule has 0 spiro atoms. The van der Waals surface area contributed by atoms with Gasteiger partial charge in [0.05, 0.1) is 0 Å². The average molecular weight is 281 g/mol. The highest BCUT2D eigenvalue weighted by atomic mass is 31.1. The minimum Gasteiger partial charge on any atom is -0.310 e. The Morgan fingerprint density at radius 3 is 2.21 bits per heavy atom. The zero-order valence-corrected chi connectivity index (χ0v) is 11.8. The van der Waals surface area contributed by atoms with Gasteiger partial charge >= 0.3 is 20.1 Å². The Balaban J connectivity index is 2.21. The van der Waals surface area contributed by atoms with Gasteiger partial charge in [0.25, 0.3) is 0 Å². The van der Waals surface area contributed by atoms with E-state index < -0.39 is 25.7 Å². The van der Waals surface area contributed by atoms with Crippen LogP contribution in [0, 0.1) is 0 Å². The minimum atomic E-state index is -2.58. The fraction of sp³-hybridized carbons (Fsp3) is 0.333. The fourth-order valence-corrected chi connectivity index (χ4v) is 2.68. The van der Waals surface area contributed by atoms with Crippen LogP contribution in [-0.4, -0.2) is 34.1 Å². The molecule has 1 aliphatic rings. The largest absolute Gasteiger partial charge is 0.709 e. The summed E-state index contributed by atoms with van der Waals surface area (Å²) in [4.78, 5) is 25.3. The number of carbonyl (C=O) groups is 2. The first kappa shape index (κ1) is 13.5. The van der Waals surface area contributed by atoms with Crippen molar-refractivity contribution in [2.24, 2.45) is 0 Å². The summed E-state index contributed by atoms with van der Waals surface area (Å²) in [6.07, 6.45) is 0. The molecule has 1 unspecified atom stereocenters. The van der Waals surface area contributed by atoms with Crippen molar-refractivity contribution in [2.75, 3.05) is 7.05 Å². The summed E-state index contributed by atoms with van der Waals surface area (Å²) in [6.45, 7) is 3.19. The summed E-state index contributed by atoms with van der Waals surface area (Å²) >= 11 is 0. The molecule has 0 radical (unpaired) electrons. The number of hydrogen-bond acceptors (Lipinski definition) is 4. The molecule has 2 rings (SSSR count). The van der Waals surface area contributed by atoms with Crippen LogP contribution in [0.1, 0.15) is 13.8 Å². The van der Waals surface area contributed by atoms with E-state index in [1.807, 2.05) is 0 Å². The molecule has 3 amide bonds. The van der Waals surface area contributed by atoms with Gasteiger partial charge in [0.1, 0.15) is 5.54 Å². The topological polar surface area (TPSA) is 66.9 Å². The Labute approximate surface area is 111 Å². The molecule has 1 aliphatic heterocycles. The SMILES string of the molecule is CN1C(=O)N([P+](=O)Oc2ccccc2)C(=O)C1(C)C. The first-order chi connectivity index (χ1) is 8.85. The number of imide groups is 1. The number of likely N-dealkylation sites (N-methyl/N-ethyl adjacent to an activating group) is 1. The first-order valence-electron chi connectivity index (χ1n) is 5.68. The van der Waals surface area contributed by atoms with Gasteiger partial charge in [-0.1, -0.05) is 18.2 Å². The number of carbonyl (C=O) groups excluding carboxylic acids is 2. The van der Waals surface area contributed by atoms with Crippen LogP contribution in [0.3, 0.4) is 0 Å². The van der Waals surface area contributed by atoms with Crippen LogP contribution in [-0.2, 0) is 9.36 Å². The maximum absolute atomic E-state index is 12.1. The van der Waals surface area contributed by atoms with Gasteiger partial charge < -0.3 is 4.90 Å². The van der Waals surface area contributed by atoms with E-state index >= 15 is 0 Å². The van der Waals surface area contributed by atoms with Crippen molar-refractivity contribution in [3.8, 4) is 5.75 Å². The molecular weight excluding hydrogens is 267 g/mol. The van der Waals surface area contributed by atoms with Gasteiger partial charge in [-0.15, -0.1) is 0 Å². The van der Waals surface area contributed by atoms with Crippen molar-refractivity contribution in [1.29, 1.82) is 0 Å². The molecule has 1 fully saturated rings. The van der Waals surface area contributed by atoms with Crippen molar-refractivity contribution >= 4 is 20.1 Å². The van der Waals surface area contributed by atoms with E-state index in [-0.39, 0.29) is 0 Å². The molecule has 7 heteroatoms. The molecule has 100 valence electrons. The number of benzene rings is 1. The van der Waals surface area contributed by atoms with Crippen LogP contribution in [0.2, 0.25) is 0 Å². The van der Waals surface area contributed by atoms with Gasteiger partial charge in [-0.25, -0.2) is 9.32 Å². The summed E-state index contributed by atoms with van der Waals surface area (Å²) in [6, 6.07) is 7.79. The predicted octanol–water partition coefficient (Wildman–Crippen LogP) is 2.40. The molecular formula is C12H14N2O4P+. The summed E-state index contributed by atoms with van der Waals surface area (Å²) in [5.41, 5.74) is -1.01. The third kappa shape index (κ3) is 2.19. The van der Waals surface area contributed by atoms with Gasteiger partial charge in [0.2, 0.25) is 0 Å². The van der Waals surface area contributed by atoms with E-state index in [1.165, 1.54) is 11.9 Å². The maximum Gasteiger partial charge on any atom is 0.709 e. The van der Waals surface area contributed by atoms with Crippen LogP contribution in [0.5, 0.6) is 5.75 Å². The highest BCUT2D eigenvalue weighted by Crippen LogP contribution is 2.39. The molecule has 0 aliphatic carbocycles. The zero-order valence-electron chi connectivity index (χ0n) is 10.9. The lowest BCUT2D eigenvalue weighted by molar-refractivity contribution is -0.128. The molecule has 1 aromatic rings. The minimum absolute atomic E-state index is 0.344. The zero-order chi connectivity index (χ0) is 14.2. The Kier molecular flexibility index (Phi) is 3.28. The van der Waals surface area contributed by atoms with Crippen molar-refractivity contribution in [2.45, 2.75) is 19.4 Å². The normalized spacial score (nSPS) is 18.8. The second kappa shape index (κ2) is 4.63. The lowest BCUT2D eigenvalue weighted by atomic mass is 10.1. The lowest BCUT2D eigenvalue weighted by Gasteiger charge is -2.21. The number of nitrogens with zero attached hydrogens (tertiary/aromatic N) is 2. The standard InChI is InChI=1S/C12H14N2O4P/c1-12(2)10(15)14(11(16)13(12)3)19(17)18-9-7-5-4-6-8-9/h4-8H,1-3H3/q+1. The maximum atomic E-state index is 12.1. The molecule has 6 nitrogen and oxygen atoms in total. The number of rotatable bonds is 3. The summed E-state index contributed by atoms with van der Waals surface area (Å²) in [5, 5.41) is 0. The van der Waals surface area contributed by atoms with Gasteiger partial charge in [-0.3, -0.25) is 4.79 Å². The number of para-hydroxylation sites is 1. The molecule has 1 heterocycles. The Morgan fingerprint density at radius 1 is 1.16 bits per heavy atom. The van der Waals surface area contributed by atoms with Gasteiger partial charge in [-0.05, 0) is 30.7 Å². The van der Waals surface area contributed by atoms with Crippen LogP contribution in [0.25, 0.3) is 0 Å². The molecule has 1 saturated heterocycles. The van der Waals surface area contributed by atoms with Crippen LogP contribution in [0.15, 0.2) is 30.3 Å². The molecule has 19 heavy (non-hydrogen) atoms. The van der Waals surface area contributed by atoms with E-state index in [2.05, 4.69) is 0 Å². The molecule has 1 atom stereocenters. The highest BCUT2D eigenvalue weighted by Gasteiger charge is 2.59. The Morgan fingerprint density at radius 2 is 1.74 bits per heavy atom. The molecule has 0 N–H and O–H groups in total. The molecule has 0 saturated carbocycles. The van der Waals surface area contributed by atoms with E-state index in [1.54, 1.807) is 44.2 Å². The van der Waals surface area contributed by atoms with Crippen molar-refractivity contribution in [1.82, 2.24) is 9.57 Å². The van der Waals surface area contributed by atoms with Crippen molar-refractivity contribution < 1.29 is 18.7 Å². The smallest absolute Gasteiger partial charge is 0.310 e. The van der Waals surface area contributed by atoms with Crippen LogP contribution in [0.4, 0.5) is 4.79 Å². The number of urea groups is 1. The fourth-order valence-electron chi connectivity index (χ4n) is 1.63. The predicted molar refractivity (Wildman–Crippen MR) is 68.8 cm³/mol. The van der Waals surface area contributed by atoms with Gasteiger partial charge in [0, 0.05) is 11.6 Å². The van der Waals surface area contributed by atoms with Crippen LogP contribution < -0.4 is 4.52 Å². The molecule has 1 aromatic carbocycles. The van der Waals surface area contributed by atoms with Crippen molar-refractivity contribution in [3.05, 3.63) is 30.3 Å². The quantitative estimate of drug-likeness (QED) is 0.630. The number of hydrogen-bond donors (Lipinski definition) is 0. The van der Waals surface area contributed by atoms with Crippen LogP contribution >= 0.6 is 8.18 Å². The van der Waals surface area contributed by atoms with Gasteiger partial charge in [-0.2, -0.15) is 0 Å². The first-order valence-corrected chi connectivity index (χ1v) is 6.81. The van der Waals surface area contributed by atoms with E-state index in [0.29, 0.717) is 10.4 Å². The second-order valence-corrected chi connectivity index (χ2v) is 5.72. The van der Waals surface area contributed by atoms with Gasteiger partial charge in [0.15, 0.2) is 5.75 Å². The highest BCUT2D eigenvalue weighted by molar-refractivity contribution is 7.38. The number of amides is 3. The summed E-state index contributed by atoms with van der Waals surface area (Å²) < 4.78 is 17.9. The van der Waals surface area contributed by atoms with Crippen molar-refractivity contribution in [3.63, 3.8) is 0 Å². The Bertz CT molecular complexity index is 544. The molecule has 0 aromatic heterocycles. The third-order valence-electron chi connectivity index (χ3n) is 3.11. The lowest BCUT2D eigenvalue weighted by Crippen LogP contribution is -2.41. The average Bonchev–Trinajstić information content (AvgIpc) is 2.52. The monoisotopic (exact) mass is 281 g/mol. The molecule has 0 bridgehead atoms. The third-order valence-corrected chi connectivity index (χ3v) is 4.16. The second-order valence-electron chi connectivity index (χ2n) is 4.66. The Hall–Kier alpha value is -1.94. The van der Waals surface area contributed by atoms with E-state index in [4.69, 9.17) is 4.52 Å².